The molecule has 0 spiro atoms. The standard InChI is InChI=1S/C15H22O2.C10H12O6.C8H8O5.2C8H10O4/c1-9(2)14(16)17-15(3)12-5-10-4-11(7-12)8-13(15)6-10;1-6(2)9(12)15-5-8(11)16-7-3-4-14-10(7)13;1-4(2)7(10)12-5-3-6(9)13-8(5)11;1-5(2)8(10)12-6-3-7(9)11-4-6;1-5(2)7(9)12-6-3-4-11-8(6)10/h10-13H,1,4-8H2,2-3H3;7H,1,3-5H2,2H3;5H,1,3H2,2H3;2*6H,1,3-4H2,2H3. The third-order valence-electron chi connectivity index (χ3n) is 11.6. The Bertz CT molecular complexity index is 2120. The number of hydrogen-bond acceptors (Lipinski definition) is 21. The van der Waals surface area contributed by atoms with Gasteiger partial charge in [0.05, 0.1) is 26.1 Å². The molecule has 4 heterocycles. The number of rotatable bonds is 12. The van der Waals surface area contributed by atoms with Crippen LogP contribution in [0.1, 0.15) is 99.3 Å². The summed E-state index contributed by atoms with van der Waals surface area (Å²) in [7, 11) is 0. The maximum atomic E-state index is 11.8. The predicted octanol–water partition coefficient (Wildman–Crippen LogP) is 4.08. The first-order valence-electron chi connectivity index (χ1n) is 22.4. The van der Waals surface area contributed by atoms with Crippen molar-refractivity contribution in [3.05, 3.63) is 60.8 Å². The molecule has 4 saturated heterocycles. The second kappa shape index (κ2) is 26.2. The van der Waals surface area contributed by atoms with Crippen LogP contribution in [0.4, 0.5) is 0 Å². The zero-order valence-corrected chi connectivity index (χ0v) is 40.4. The number of ether oxygens (including phenoxy) is 10. The van der Waals surface area contributed by atoms with Gasteiger partial charge in [0.2, 0.25) is 18.3 Å². The number of esters is 11. The summed E-state index contributed by atoms with van der Waals surface area (Å²) in [6.07, 6.45) is 4.09. The van der Waals surface area contributed by atoms with Crippen LogP contribution in [0.2, 0.25) is 0 Å². The molecule has 4 unspecified atom stereocenters. The fourth-order valence-corrected chi connectivity index (χ4v) is 8.00. The molecule has 0 aromatic heterocycles. The Morgan fingerprint density at radius 2 is 0.971 bits per heavy atom. The molecule has 70 heavy (non-hydrogen) atoms. The lowest BCUT2D eigenvalue weighted by atomic mass is 9.50. The van der Waals surface area contributed by atoms with Gasteiger partial charge in [0.15, 0.2) is 6.61 Å². The molecule has 4 atom stereocenters. The van der Waals surface area contributed by atoms with E-state index >= 15 is 0 Å². The van der Waals surface area contributed by atoms with Crippen molar-refractivity contribution in [2.24, 2.45) is 23.7 Å². The van der Waals surface area contributed by atoms with Gasteiger partial charge in [-0.2, -0.15) is 0 Å². The van der Waals surface area contributed by atoms with E-state index in [0.29, 0.717) is 42.4 Å². The highest BCUT2D eigenvalue weighted by molar-refractivity contribution is 5.98. The second-order valence-corrected chi connectivity index (χ2v) is 17.9. The fraction of sp³-hybridized carbons (Fsp3) is 0.571. The third kappa shape index (κ3) is 17.5. The molecule has 0 radical (unpaired) electrons. The number of cyclic esters (lactones) is 5. The Hall–Kier alpha value is -6.93. The summed E-state index contributed by atoms with van der Waals surface area (Å²) in [6.45, 7) is 27.3. The fourth-order valence-electron chi connectivity index (χ4n) is 8.00. The number of carbonyl (C=O) groups is 11. The molecule has 4 aliphatic carbocycles. The molecule has 4 bridgehead atoms. The minimum absolute atomic E-state index is 0.152. The monoisotopic (exact) mass is 986 g/mol. The Morgan fingerprint density at radius 3 is 1.36 bits per heavy atom. The van der Waals surface area contributed by atoms with E-state index < -0.39 is 84.7 Å². The van der Waals surface area contributed by atoms with Crippen LogP contribution < -0.4 is 0 Å². The molecule has 8 fully saturated rings. The summed E-state index contributed by atoms with van der Waals surface area (Å²) >= 11 is 0. The van der Waals surface area contributed by atoms with E-state index in [2.05, 4.69) is 68.2 Å². The minimum Gasteiger partial charge on any atom is -0.463 e. The average molecular weight is 987 g/mol. The van der Waals surface area contributed by atoms with Crippen LogP contribution in [0.5, 0.6) is 0 Å². The van der Waals surface area contributed by atoms with E-state index in [4.69, 9.17) is 18.9 Å². The van der Waals surface area contributed by atoms with Gasteiger partial charge in [-0.05, 0) is 97.3 Å². The van der Waals surface area contributed by atoms with E-state index in [1.165, 1.54) is 52.9 Å². The highest BCUT2D eigenvalue weighted by Gasteiger charge is 2.57. The molecule has 0 N–H and O–H groups in total. The summed E-state index contributed by atoms with van der Waals surface area (Å²) in [5, 5.41) is 0. The Morgan fingerprint density at radius 1 is 0.529 bits per heavy atom. The zero-order chi connectivity index (χ0) is 52.6. The SMILES string of the molecule is C=C(C)C(=O)OC1(C)C2CC3CC(C2)CC1C3.C=C(C)C(=O)OC1CC(=O)OC1=O.C=C(C)C(=O)OC1CCOC1=O.C=C(C)C(=O)OC1COC(=O)C1.C=C(C)C(=O)OCC(=O)OC1CCOC1=O. The first-order valence-corrected chi connectivity index (χ1v) is 22.4. The van der Waals surface area contributed by atoms with E-state index in [-0.39, 0.29) is 60.3 Å². The maximum Gasteiger partial charge on any atom is 0.355 e. The van der Waals surface area contributed by atoms with Crippen molar-refractivity contribution in [3.63, 3.8) is 0 Å². The van der Waals surface area contributed by atoms with Crippen molar-refractivity contribution in [2.75, 3.05) is 26.4 Å². The van der Waals surface area contributed by atoms with Crippen LogP contribution in [-0.4, -0.2) is 122 Å². The van der Waals surface area contributed by atoms with Crippen LogP contribution in [0.15, 0.2) is 60.8 Å². The molecule has 21 nitrogen and oxygen atoms in total. The molecule has 0 amide bonds. The summed E-state index contributed by atoms with van der Waals surface area (Å²) in [5.41, 5.74) is 1.30. The lowest BCUT2D eigenvalue weighted by molar-refractivity contribution is -0.199. The molecule has 0 aromatic carbocycles. The molecular formula is C49H62O21. The van der Waals surface area contributed by atoms with Crippen LogP contribution in [0, 0.1) is 23.7 Å². The Labute approximate surface area is 405 Å². The maximum absolute atomic E-state index is 11.8. The second-order valence-electron chi connectivity index (χ2n) is 17.9. The quantitative estimate of drug-likeness (QED) is 0.115. The zero-order valence-electron chi connectivity index (χ0n) is 40.4. The van der Waals surface area contributed by atoms with Crippen molar-refractivity contribution >= 4 is 65.7 Å². The third-order valence-corrected chi connectivity index (χ3v) is 11.6. The van der Waals surface area contributed by atoms with Crippen LogP contribution >= 0.6 is 0 Å². The smallest absolute Gasteiger partial charge is 0.355 e. The Balaban J connectivity index is 0.000000233. The normalized spacial score (nSPS) is 27.1. The van der Waals surface area contributed by atoms with E-state index in [9.17, 15) is 52.7 Å². The van der Waals surface area contributed by atoms with E-state index in [1.54, 1.807) is 13.8 Å². The lowest BCUT2D eigenvalue weighted by Crippen LogP contribution is -2.58. The van der Waals surface area contributed by atoms with E-state index in [1.807, 2.05) is 0 Å². The van der Waals surface area contributed by atoms with Crippen molar-refractivity contribution in [1.82, 2.24) is 0 Å². The highest BCUT2D eigenvalue weighted by atomic mass is 16.6. The predicted molar refractivity (Wildman–Crippen MR) is 239 cm³/mol. The Kier molecular flexibility index (Phi) is 21.4. The molecule has 8 rings (SSSR count). The van der Waals surface area contributed by atoms with Gasteiger partial charge in [0.1, 0.15) is 18.3 Å². The van der Waals surface area contributed by atoms with Gasteiger partial charge in [-0.1, -0.05) is 32.9 Å². The van der Waals surface area contributed by atoms with Crippen molar-refractivity contribution < 1.29 is 100 Å². The minimum atomic E-state index is -1.10. The van der Waals surface area contributed by atoms with Crippen LogP contribution in [0.25, 0.3) is 0 Å². The average Bonchev–Trinajstić information content (AvgIpc) is 4.07. The van der Waals surface area contributed by atoms with E-state index in [0.717, 1.165) is 11.8 Å². The molecule has 4 aliphatic heterocycles. The van der Waals surface area contributed by atoms with Gasteiger partial charge in [0.25, 0.3) is 0 Å². The first-order chi connectivity index (χ1) is 32.7. The van der Waals surface area contributed by atoms with Crippen molar-refractivity contribution in [2.45, 2.75) is 129 Å². The molecule has 0 aromatic rings. The van der Waals surface area contributed by atoms with Crippen molar-refractivity contribution in [1.29, 1.82) is 0 Å². The van der Waals surface area contributed by atoms with Crippen LogP contribution in [0.3, 0.4) is 0 Å². The first kappa shape index (κ1) is 57.4. The van der Waals surface area contributed by atoms with Crippen molar-refractivity contribution in [3.8, 4) is 0 Å². The number of hydrogen-bond donors (Lipinski definition) is 0. The lowest BCUT2D eigenvalue weighted by Gasteiger charge is -2.59. The molecular weight excluding hydrogens is 925 g/mol. The summed E-state index contributed by atoms with van der Waals surface area (Å²) < 4.78 is 47.3. The topological polar surface area (TPSA) is 280 Å². The largest absolute Gasteiger partial charge is 0.463 e. The van der Waals surface area contributed by atoms with Gasteiger partial charge < -0.3 is 47.4 Å². The van der Waals surface area contributed by atoms with Gasteiger partial charge >= 0.3 is 65.7 Å². The summed E-state index contributed by atoms with van der Waals surface area (Å²) in [4.78, 5) is 120. The molecule has 4 saturated carbocycles. The van der Waals surface area contributed by atoms with Gasteiger partial charge in [-0.3, -0.25) is 9.59 Å². The van der Waals surface area contributed by atoms with Gasteiger partial charge in [0, 0.05) is 40.7 Å². The van der Waals surface area contributed by atoms with Gasteiger partial charge in [-0.15, -0.1) is 0 Å². The number of carbonyl (C=O) groups excluding carboxylic acids is 11. The molecule has 384 valence electrons. The van der Waals surface area contributed by atoms with Crippen LogP contribution in [-0.2, 0) is 100 Å². The summed E-state index contributed by atoms with van der Waals surface area (Å²) in [6, 6.07) is 0. The molecule has 21 heteroatoms. The molecule has 8 aliphatic rings. The summed E-state index contributed by atoms with van der Waals surface area (Å²) in [5.74, 6) is -3.20. The van der Waals surface area contributed by atoms with Gasteiger partial charge in [-0.25, -0.2) is 43.2 Å². The highest BCUT2D eigenvalue weighted by Crippen LogP contribution is 2.59.